The van der Waals surface area contributed by atoms with Gasteiger partial charge in [0.1, 0.15) is 12.6 Å². The lowest BCUT2D eigenvalue weighted by molar-refractivity contribution is -0.140. The molecule has 0 saturated heterocycles. The number of nitrogens with one attached hydrogen (secondary N) is 1. The number of para-hydroxylation sites is 1. The number of rotatable bonds is 9. The van der Waals surface area contributed by atoms with Gasteiger partial charge in [0.25, 0.3) is 10.0 Å². The molecule has 0 saturated carbocycles. The summed E-state index contributed by atoms with van der Waals surface area (Å²) in [4.78, 5) is 28.4. The average molecular weight is 577 g/mol. The Morgan fingerprint density at radius 2 is 1.39 bits per heavy atom. The Kier molecular flexibility index (Phi) is 9.46. The summed E-state index contributed by atoms with van der Waals surface area (Å²) < 4.78 is 28.4. The van der Waals surface area contributed by atoms with Gasteiger partial charge in [-0.1, -0.05) is 65.7 Å². The molecular weight excluding hydrogens is 545 g/mol. The minimum Gasteiger partial charge on any atom is -0.350 e. The van der Waals surface area contributed by atoms with Gasteiger partial charge in [-0.05, 0) is 64.1 Å². The van der Waals surface area contributed by atoms with E-state index in [4.69, 9.17) is 23.2 Å². The summed E-state index contributed by atoms with van der Waals surface area (Å²) in [6.45, 7) is 6.44. The Morgan fingerprint density at radius 3 is 1.92 bits per heavy atom. The van der Waals surface area contributed by atoms with Crippen molar-refractivity contribution in [1.29, 1.82) is 0 Å². The minimum atomic E-state index is -4.11. The number of sulfonamides is 1. The fourth-order valence-corrected chi connectivity index (χ4v) is 5.71. The minimum absolute atomic E-state index is 0.0378. The van der Waals surface area contributed by atoms with E-state index in [2.05, 4.69) is 5.32 Å². The summed E-state index contributed by atoms with van der Waals surface area (Å²) in [6.07, 6.45) is 0. The van der Waals surface area contributed by atoms with Gasteiger partial charge in [-0.15, -0.1) is 0 Å². The van der Waals surface area contributed by atoms with Crippen LogP contribution >= 0.6 is 23.2 Å². The van der Waals surface area contributed by atoms with Crippen LogP contribution in [0.2, 0.25) is 10.0 Å². The monoisotopic (exact) mass is 575 g/mol. The smallest absolute Gasteiger partial charge is 0.264 e. The van der Waals surface area contributed by atoms with E-state index in [9.17, 15) is 18.0 Å². The first kappa shape index (κ1) is 29.5. The van der Waals surface area contributed by atoms with Gasteiger partial charge in [0.05, 0.1) is 10.6 Å². The first-order valence-corrected chi connectivity index (χ1v) is 14.2. The predicted octanol–water partition coefficient (Wildman–Crippen LogP) is 5.52. The van der Waals surface area contributed by atoms with Crippen LogP contribution in [0.1, 0.15) is 33.3 Å². The summed E-state index contributed by atoms with van der Waals surface area (Å²) in [6, 6.07) is 20.2. The lowest BCUT2D eigenvalue weighted by Gasteiger charge is -2.33. The largest absolute Gasteiger partial charge is 0.350 e. The number of carbonyl (C=O) groups excluding carboxylic acids is 2. The third kappa shape index (κ3) is 7.28. The molecule has 3 rings (SSSR count). The molecular formula is C28H31Cl2N3O4S. The normalized spacial score (nSPS) is 12.5. The lowest BCUT2D eigenvalue weighted by Crippen LogP contribution is -2.54. The number of hydrogen-bond donors (Lipinski definition) is 1. The van der Waals surface area contributed by atoms with Crippen molar-refractivity contribution in [3.63, 3.8) is 0 Å². The molecule has 38 heavy (non-hydrogen) atoms. The van der Waals surface area contributed by atoms with Crippen LogP contribution in [0.15, 0.2) is 83.8 Å². The molecule has 0 radical (unpaired) electrons. The number of halogens is 2. The summed E-state index contributed by atoms with van der Waals surface area (Å²) in [5, 5.41) is 3.54. The lowest BCUT2D eigenvalue weighted by atomic mass is 10.1. The van der Waals surface area contributed by atoms with Crippen LogP contribution in [0.4, 0.5) is 5.69 Å². The van der Waals surface area contributed by atoms with E-state index in [1.807, 2.05) is 20.8 Å². The summed E-state index contributed by atoms with van der Waals surface area (Å²) in [7, 11) is -4.11. The molecule has 3 aromatic rings. The van der Waals surface area contributed by atoms with Gasteiger partial charge >= 0.3 is 0 Å². The topological polar surface area (TPSA) is 86.8 Å². The number of benzene rings is 3. The van der Waals surface area contributed by atoms with Gasteiger partial charge in [0, 0.05) is 27.7 Å². The number of hydrogen-bond acceptors (Lipinski definition) is 4. The zero-order chi connectivity index (χ0) is 28.1. The van der Waals surface area contributed by atoms with Crippen LogP contribution in [0.3, 0.4) is 0 Å². The quantitative estimate of drug-likeness (QED) is 0.364. The molecule has 0 aliphatic carbocycles. The second-order valence-corrected chi connectivity index (χ2v) is 12.5. The Balaban J connectivity index is 2.04. The molecule has 0 spiro atoms. The van der Waals surface area contributed by atoms with Crippen molar-refractivity contribution < 1.29 is 18.0 Å². The van der Waals surface area contributed by atoms with E-state index in [0.717, 1.165) is 4.31 Å². The first-order valence-electron chi connectivity index (χ1n) is 12.0. The molecule has 0 aromatic heterocycles. The van der Waals surface area contributed by atoms with Crippen molar-refractivity contribution in [2.45, 2.75) is 50.7 Å². The highest BCUT2D eigenvalue weighted by Crippen LogP contribution is 2.28. The molecule has 0 unspecified atom stereocenters. The van der Waals surface area contributed by atoms with Crippen molar-refractivity contribution in [3.8, 4) is 0 Å². The Labute approximate surface area is 234 Å². The van der Waals surface area contributed by atoms with Gasteiger partial charge in [0.2, 0.25) is 11.8 Å². The number of carbonyl (C=O) groups is 2. The maximum atomic E-state index is 13.9. The fraction of sp³-hybridized carbons (Fsp3) is 0.286. The maximum absolute atomic E-state index is 13.9. The van der Waals surface area contributed by atoms with E-state index in [-0.39, 0.29) is 11.4 Å². The maximum Gasteiger partial charge on any atom is 0.264 e. The van der Waals surface area contributed by atoms with Crippen LogP contribution in [-0.4, -0.2) is 43.3 Å². The summed E-state index contributed by atoms with van der Waals surface area (Å²) >= 11 is 12.8. The highest BCUT2D eigenvalue weighted by atomic mass is 35.5. The van der Waals surface area contributed by atoms with Crippen LogP contribution in [0.25, 0.3) is 0 Å². The van der Waals surface area contributed by atoms with E-state index in [1.165, 1.54) is 17.0 Å². The molecule has 0 aliphatic heterocycles. The van der Waals surface area contributed by atoms with Gasteiger partial charge in [0.15, 0.2) is 0 Å². The standard InChI is InChI=1S/C28H31Cl2N3O4S/c1-20(27(35)31-28(2,3)4)32(18-23-24(29)16-11-17-25(23)30)26(34)19-33(21-12-7-5-8-13-21)38(36,37)22-14-9-6-10-15-22/h5-17,20H,18-19H2,1-4H3,(H,31,35)/t20-/m1/s1. The number of nitrogens with zero attached hydrogens (tertiary/aromatic N) is 2. The molecule has 2 amide bonds. The van der Waals surface area contributed by atoms with Crippen LogP contribution in [0.5, 0.6) is 0 Å². The molecule has 7 nitrogen and oxygen atoms in total. The molecule has 10 heteroatoms. The van der Waals surface area contributed by atoms with Gasteiger partial charge in [-0.3, -0.25) is 13.9 Å². The Hall–Kier alpha value is -3.07. The molecule has 1 N–H and O–H groups in total. The van der Waals surface area contributed by atoms with Gasteiger partial charge in [-0.25, -0.2) is 8.42 Å². The Bertz CT molecular complexity index is 1360. The van der Waals surface area contributed by atoms with Gasteiger partial charge < -0.3 is 10.2 Å². The van der Waals surface area contributed by atoms with Gasteiger partial charge in [-0.2, -0.15) is 0 Å². The first-order chi connectivity index (χ1) is 17.8. The van der Waals surface area contributed by atoms with E-state index >= 15 is 0 Å². The van der Waals surface area contributed by atoms with Crippen molar-refractivity contribution >= 4 is 50.7 Å². The molecule has 0 bridgehead atoms. The van der Waals surface area contributed by atoms with E-state index in [1.54, 1.807) is 73.7 Å². The van der Waals surface area contributed by atoms with Crippen molar-refractivity contribution in [3.05, 3.63) is 94.5 Å². The number of amides is 2. The summed E-state index contributed by atoms with van der Waals surface area (Å²) in [5.74, 6) is -0.993. The number of anilines is 1. The van der Waals surface area contributed by atoms with E-state index < -0.39 is 40.0 Å². The Morgan fingerprint density at radius 1 is 0.868 bits per heavy atom. The third-order valence-corrected chi connectivity index (χ3v) is 8.21. The molecule has 3 aromatic carbocycles. The fourth-order valence-electron chi connectivity index (χ4n) is 3.75. The predicted molar refractivity (Wildman–Crippen MR) is 152 cm³/mol. The molecule has 0 fully saturated rings. The second kappa shape index (κ2) is 12.2. The SMILES string of the molecule is C[C@H](C(=O)NC(C)(C)C)N(Cc1c(Cl)cccc1Cl)C(=O)CN(c1ccccc1)S(=O)(=O)c1ccccc1. The molecule has 0 aliphatic rings. The zero-order valence-electron chi connectivity index (χ0n) is 21.7. The van der Waals surface area contributed by atoms with Crippen LogP contribution < -0.4 is 9.62 Å². The zero-order valence-corrected chi connectivity index (χ0v) is 24.0. The molecule has 0 heterocycles. The molecule has 202 valence electrons. The highest BCUT2D eigenvalue weighted by Gasteiger charge is 2.33. The van der Waals surface area contributed by atoms with E-state index in [0.29, 0.717) is 21.3 Å². The third-order valence-electron chi connectivity index (χ3n) is 5.71. The molecule has 1 atom stereocenters. The summed E-state index contributed by atoms with van der Waals surface area (Å²) in [5.41, 5.74) is 0.221. The average Bonchev–Trinajstić information content (AvgIpc) is 2.86. The van der Waals surface area contributed by atoms with Crippen molar-refractivity contribution in [2.75, 3.05) is 10.8 Å². The highest BCUT2D eigenvalue weighted by molar-refractivity contribution is 7.92. The van der Waals surface area contributed by atoms with Crippen molar-refractivity contribution in [1.82, 2.24) is 10.2 Å². The van der Waals surface area contributed by atoms with Crippen LogP contribution in [-0.2, 0) is 26.2 Å². The van der Waals surface area contributed by atoms with Crippen LogP contribution in [0, 0.1) is 0 Å². The second-order valence-electron chi connectivity index (χ2n) is 9.80. The van der Waals surface area contributed by atoms with Crippen molar-refractivity contribution in [2.24, 2.45) is 0 Å².